The summed E-state index contributed by atoms with van der Waals surface area (Å²) in [6.45, 7) is 1.68. The van der Waals surface area contributed by atoms with E-state index >= 15 is 0 Å². The lowest BCUT2D eigenvalue weighted by atomic mass is 9.68. The summed E-state index contributed by atoms with van der Waals surface area (Å²) in [7, 11) is 1.52. The quantitative estimate of drug-likeness (QED) is 0.140. The second-order valence-corrected chi connectivity index (χ2v) is 15.0. The van der Waals surface area contributed by atoms with Crippen LogP contribution in [0.3, 0.4) is 0 Å². The number of carbonyl (C=O) groups excluding carboxylic acids is 3. The number of fused-ring (bicyclic) bond motifs is 9. The van der Waals surface area contributed by atoms with Gasteiger partial charge in [0.05, 0.1) is 34.6 Å². The number of aryl methyl sites for hydroxylation is 1. The van der Waals surface area contributed by atoms with E-state index in [1.807, 2.05) is 43.3 Å². The summed E-state index contributed by atoms with van der Waals surface area (Å²) in [5.41, 5.74) is 2.73. The number of ether oxygens (including phenoxy) is 2. The number of nitrogens with one attached hydrogen (secondary N) is 2. The first-order valence-corrected chi connectivity index (χ1v) is 17.5. The first-order chi connectivity index (χ1) is 23.6. The van der Waals surface area contributed by atoms with Gasteiger partial charge in [0.15, 0.2) is 18.1 Å². The number of aromatic amines is 1. The van der Waals surface area contributed by atoms with Gasteiger partial charge >= 0.3 is 4.87 Å². The molecule has 2 bridgehead atoms. The molecule has 2 N–H and O–H groups in total. The Kier molecular flexibility index (Phi) is 7.59. The molecule has 4 aliphatic rings. The Labute approximate surface area is 288 Å². The van der Waals surface area contributed by atoms with Crippen LogP contribution in [-0.2, 0) is 14.4 Å². The third-order valence-electron chi connectivity index (χ3n) is 10.4. The lowest BCUT2D eigenvalue weighted by molar-refractivity contribution is -0.384. The minimum absolute atomic E-state index is 0.0189. The molecule has 4 unspecified atom stereocenters. The molecule has 2 saturated carbocycles. The highest BCUT2D eigenvalue weighted by molar-refractivity contribution is 8.00. The van der Waals surface area contributed by atoms with Gasteiger partial charge in [-0.05, 0) is 72.6 Å². The van der Waals surface area contributed by atoms with Crippen molar-refractivity contribution in [3.63, 3.8) is 0 Å². The molecule has 12 nitrogen and oxygen atoms in total. The zero-order chi connectivity index (χ0) is 34.1. The van der Waals surface area contributed by atoms with Gasteiger partial charge in [0.1, 0.15) is 0 Å². The van der Waals surface area contributed by atoms with Crippen LogP contribution in [0, 0.1) is 46.6 Å². The van der Waals surface area contributed by atoms with E-state index in [1.54, 1.807) is 17.8 Å². The van der Waals surface area contributed by atoms with E-state index in [9.17, 15) is 29.3 Å². The molecule has 2 aliphatic carbocycles. The van der Waals surface area contributed by atoms with Gasteiger partial charge in [-0.25, -0.2) is 0 Å². The number of H-pyrrole nitrogens is 1. The number of benzene rings is 3. The fraction of sp³-hybridized carbons (Fsp3) is 0.314. The number of nitrogens with zero attached hydrogens (tertiary/aromatic N) is 2. The maximum Gasteiger partial charge on any atom is 0.305 e. The Hall–Kier alpha value is -4.95. The van der Waals surface area contributed by atoms with Crippen molar-refractivity contribution in [3.8, 4) is 11.5 Å². The molecule has 2 aliphatic heterocycles. The highest BCUT2D eigenvalue weighted by Crippen LogP contribution is 2.68. The molecule has 3 fully saturated rings. The molecule has 250 valence electrons. The van der Waals surface area contributed by atoms with Gasteiger partial charge in [-0.15, -0.1) is 11.8 Å². The third-order valence-corrected chi connectivity index (χ3v) is 13.0. The topological polar surface area (TPSA) is 161 Å². The van der Waals surface area contributed by atoms with Crippen LogP contribution in [0.2, 0.25) is 0 Å². The van der Waals surface area contributed by atoms with E-state index in [-0.39, 0.29) is 63.8 Å². The Morgan fingerprint density at radius 1 is 1.02 bits per heavy atom. The van der Waals surface area contributed by atoms with Crippen molar-refractivity contribution in [1.29, 1.82) is 0 Å². The average molecular weight is 699 g/mol. The number of para-hydroxylation sites is 1. The highest BCUT2D eigenvalue weighted by atomic mass is 32.2. The number of methoxy groups -OCH3 is 1. The lowest BCUT2D eigenvalue weighted by Gasteiger charge is -2.43. The Morgan fingerprint density at radius 2 is 1.76 bits per heavy atom. The second kappa shape index (κ2) is 11.9. The van der Waals surface area contributed by atoms with Gasteiger partial charge in [0.2, 0.25) is 11.8 Å². The van der Waals surface area contributed by atoms with Crippen molar-refractivity contribution >= 4 is 57.9 Å². The number of non-ortho nitro benzene ring substituents is 1. The molecule has 1 aromatic heterocycles. The Balaban J connectivity index is 1.09. The molecule has 3 amide bonds. The van der Waals surface area contributed by atoms with E-state index < -0.39 is 16.8 Å². The third kappa shape index (κ3) is 5.03. The molecule has 49 heavy (non-hydrogen) atoms. The van der Waals surface area contributed by atoms with Gasteiger partial charge in [-0.3, -0.25) is 34.2 Å². The number of nitro groups is 1. The van der Waals surface area contributed by atoms with Gasteiger partial charge in [0, 0.05) is 33.9 Å². The predicted molar refractivity (Wildman–Crippen MR) is 182 cm³/mol. The van der Waals surface area contributed by atoms with Crippen molar-refractivity contribution < 1.29 is 28.8 Å². The van der Waals surface area contributed by atoms with Crippen LogP contribution < -0.4 is 24.6 Å². The maximum atomic E-state index is 14.0. The van der Waals surface area contributed by atoms with Gasteiger partial charge < -0.3 is 19.8 Å². The average Bonchev–Trinajstić information content (AvgIpc) is 3.83. The molecule has 0 spiro atoms. The molecule has 3 aromatic carbocycles. The predicted octanol–water partition coefficient (Wildman–Crippen LogP) is 5.36. The van der Waals surface area contributed by atoms with Gasteiger partial charge in [-0.1, -0.05) is 35.6 Å². The van der Waals surface area contributed by atoms with Crippen LogP contribution in [0.15, 0.2) is 76.6 Å². The number of hydrogen-bond donors (Lipinski definition) is 2. The number of hydrogen-bond acceptors (Lipinski definition) is 10. The maximum absolute atomic E-state index is 14.0. The number of aromatic nitrogens is 1. The van der Waals surface area contributed by atoms with Crippen molar-refractivity contribution in [1.82, 2.24) is 4.98 Å². The summed E-state index contributed by atoms with van der Waals surface area (Å²) < 4.78 is 11.6. The number of thiazole rings is 1. The molecular weight excluding hydrogens is 669 g/mol. The van der Waals surface area contributed by atoms with Gasteiger partial charge in [-0.2, -0.15) is 0 Å². The lowest BCUT2D eigenvalue weighted by Crippen LogP contribution is -2.42. The van der Waals surface area contributed by atoms with Gasteiger partial charge in [0.25, 0.3) is 11.6 Å². The van der Waals surface area contributed by atoms with E-state index in [4.69, 9.17) is 9.47 Å². The van der Waals surface area contributed by atoms with E-state index in [0.29, 0.717) is 29.3 Å². The zero-order valence-electron chi connectivity index (χ0n) is 26.3. The Morgan fingerprint density at radius 3 is 2.47 bits per heavy atom. The highest BCUT2D eigenvalue weighted by Gasteiger charge is 2.69. The van der Waals surface area contributed by atoms with Crippen molar-refractivity contribution in [2.24, 2.45) is 29.6 Å². The second-order valence-electron chi connectivity index (χ2n) is 12.8. The van der Waals surface area contributed by atoms with E-state index in [0.717, 1.165) is 32.4 Å². The standard InChI is InChI=1S/C35H30N4O8S2/c1-16-5-3-4-6-22(16)36-25(40)15-47-23-12-7-17(13-24(23)46-2)26-27-20-14-21(30(27)48-32-31(26)49-35(43)37-32)29-28(20)33(41)38(34(29)42)18-8-10-19(11-9-18)39(44)45/h3-13,20-21,26-30H,14-15H2,1-2H3,(H,36,40)(H,37,43)/t20-,21-,26-,27?,28?,29?,30?/m1/s1. The fourth-order valence-corrected chi connectivity index (χ4v) is 11.3. The summed E-state index contributed by atoms with van der Waals surface area (Å²) in [5.74, 6) is -1.56. The number of imide groups is 1. The molecule has 3 heterocycles. The van der Waals surface area contributed by atoms with Crippen molar-refractivity contribution in [3.05, 3.63) is 103 Å². The van der Waals surface area contributed by atoms with E-state index in [2.05, 4.69) is 10.3 Å². The normalized spacial score (nSPS) is 26.2. The monoisotopic (exact) mass is 698 g/mol. The minimum atomic E-state index is -0.523. The van der Waals surface area contributed by atoms with Crippen LogP contribution >= 0.6 is 23.1 Å². The first kappa shape index (κ1) is 31.3. The molecule has 4 aromatic rings. The number of carbonyl (C=O) groups is 3. The SMILES string of the molecule is COc1cc([C@H]2c3sc(=O)[nH]c3SC3C2[C@H]2C[C@@H]3C3C(=O)N(c4ccc([N+](=O)[O-])cc4)C(=O)C32)ccc1OCC(=O)Nc1ccccc1C. The van der Waals surface area contributed by atoms with Crippen LogP contribution in [0.1, 0.15) is 28.3 Å². The number of anilines is 2. The summed E-state index contributed by atoms with van der Waals surface area (Å²) in [5, 5.41) is 14.8. The fourth-order valence-electron chi connectivity index (χ4n) is 8.41. The van der Waals surface area contributed by atoms with Crippen molar-refractivity contribution in [2.45, 2.75) is 29.5 Å². The summed E-state index contributed by atoms with van der Waals surface area (Å²) in [6.07, 6.45) is 0.716. The molecule has 7 atom stereocenters. The number of rotatable bonds is 8. The summed E-state index contributed by atoms with van der Waals surface area (Å²) >= 11 is 2.74. The molecule has 14 heteroatoms. The van der Waals surface area contributed by atoms with Crippen LogP contribution in [0.4, 0.5) is 17.1 Å². The smallest absolute Gasteiger partial charge is 0.305 e. The number of amides is 3. The summed E-state index contributed by atoms with van der Waals surface area (Å²) in [4.78, 5) is 68.9. The van der Waals surface area contributed by atoms with Crippen molar-refractivity contribution in [2.75, 3.05) is 23.9 Å². The molecule has 0 radical (unpaired) electrons. The first-order valence-electron chi connectivity index (χ1n) is 15.8. The number of thioether (sulfide) groups is 1. The Bertz CT molecular complexity index is 2100. The molecule has 8 rings (SSSR count). The van der Waals surface area contributed by atoms with E-state index in [1.165, 1.54) is 36.3 Å². The minimum Gasteiger partial charge on any atom is -0.493 e. The van der Waals surface area contributed by atoms with Crippen LogP contribution in [0.5, 0.6) is 11.5 Å². The molecule has 1 saturated heterocycles. The number of nitro benzene ring substituents is 1. The molecular formula is C35H30N4O8S2. The largest absolute Gasteiger partial charge is 0.493 e. The zero-order valence-corrected chi connectivity index (χ0v) is 27.9. The summed E-state index contributed by atoms with van der Waals surface area (Å²) in [6, 6.07) is 18.5. The van der Waals surface area contributed by atoms with Crippen LogP contribution in [0.25, 0.3) is 0 Å². The van der Waals surface area contributed by atoms with Crippen LogP contribution in [-0.4, -0.2) is 46.6 Å².